The first kappa shape index (κ1) is 24.5. The van der Waals surface area contributed by atoms with Crippen molar-refractivity contribution < 1.29 is 28.5 Å². The molecule has 0 spiro atoms. The minimum atomic E-state index is -3.58. The quantitative estimate of drug-likeness (QED) is 0.272. The van der Waals surface area contributed by atoms with Crippen molar-refractivity contribution in [1.29, 1.82) is 0 Å². The molecular weight excluding hydrogens is 444 g/mol. The van der Waals surface area contributed by atoms with E-state index in [1.165, 1.54) is 18.2 Å². The Labute approximate surface area is 193 Å². The number of rotatable bonds is 11. The van der Waals surface area contributed by atoms with Crippen molar-refractivity contribution in [3.8, 4) is 17.2 Å². The minimum Gasteiger partial charge on any atom is -0.506 e. The van der Waals surface area contributed by atoms with Crippen LogP contribution in [0.1, 0.15) is 17.2 Å². The van der Waals surface area contributed by atoms with Crippen LogP contribution in [0.4, 0.5) is 5.69 Å². The number of phenols is 1. The first-order valence-electron chi connectivity index (χ1n) is 10.4. The lowest BCUT2D eigenvalue weighted by Crippen LogP contribution is -2.37. The maximum Gasteiger partial charge on any atom is 0.229 e. The molecule has 5 N–H and O–H groups in total. The molecule has 176 valence electrons. The van der Waals surface area contributed by atoms with Crippen molar-refractivity contribution in [2.45, 2.75) is 18.6 Å². The van der Waals surface area contributed by atoms with E-state index in [0.29, 0.717) is 17.7 Å². The summed E-state index contributed by atoms with van der Waals surface area (Å²) >= 11 is 0. The summed E-state index contributed by atoms with van der Waals surface area (Å²) in [5, 5.41) is 33.2. The smallest absolute Gasteiger partial charge is 0.229 e. The van der Waals surface area contributed by atoms with Crippen molar-refractivity contribution in [3.05, 3.63) is 83.9 Å². The number of phenolic OH excluding ortho intramolecular Hbond substituents is 1. The molecule has 0 saturated heterocycles. The zero-order valence-electron chi connectivity index (χ0n) is 18.2. The second kappa shape index (κ2) is 11.2. The predicted molar refractivity (Wildman–Crippen MR) is 127 cm³/mol. The minimum absolute atomic E-state index is 0.00873. The third-order valence-corrected chi connectivity index (χ3v) is 5.50. The van der Waals surface area contributed by atoms with Gasteiger partial charge in [-0.2, -0.15) is 0 Å². The van der Waals surface area contributed by atoms with Crippen LogP contribution < -0.4 is 14.8 Å². The maximum absolute atomic E-state index is 11.4. The fourth-order valence-corrected chi connectivity index (χ4v) is 3.81. The fraction of sp³-hybridized carbons (Fsp3) is 0.250. The summed E-state index contributed by atoms with van der Waals surface area (Å²) in [5.41, 5.74) is 1.40. The number of ether oxygens (including phenoxy) is 1. The van der Waals surface area contributed by atoms with E-state index in [1.807, 2.05) is 54.6 Å². The number of aliphatic hydroxyl groups excluding tert-OH is 2. The van der Waals surface area contributed by atoms with E-state index >= 15 is 0 Å². The van der Waals surface area contributed by atoms with Crippen molar-refractivity contribution in [2.24, 2.45) is 0 Å². The highest BCUT2D eigenvalue weighted by molar-refractivity contribution is 7.92. The standard InChI is InChI=1S/C24H28N2O6S/c1-33(30,31)26-22-14-18(9-12-23(22)28)24(29)15-25-19(16-27)13-17-7-10-21(11-8-17)32-20-5-3-2-4-6-20/h2-12,14,19,24-29H,13,15-16H2,1H3/t19-,24-/m0/s1. The van der Waals surface area contributed by atoms with Crippen LogP contribution in [-0.2, 0) is 16.4 Å². The molecule has 0 bridgehead atoms. The Morgan fingerprint density at radius 2 is 1.64 bits per heavy atom. The number of hydrogen-bond acceptors (Lipinski definition) is 7. The molecule has 3 aromatic carbocycles. The average Bonchev–Trinajstić information content (AvgIpc) is 2.79. The van der Waals surface area contributed by atoms with E-state index in [4.69, 9.17) is 4.74 Å². The lowest BCUT2D eigenvalue weighted by Gasteiger charge is -2.20. The van der Waals surface area contributed by atoms with E-state index in [9.17, 15) is 23.7 Å². The number of sulfonamides is 1. The first-order valence-corrected chi connectivity index (χ1v) is 12.3. The second-order valence-corrected chi connectivity index (χ2v) is 9.47. The topological polar surface area (TPSA) is 128 Å². The summed E-state index contributed by atoms with van der Waals surface area (Å²) in [5.74, 6) is 1.22. The van der Waals surface area contributed by atoms with Crippen LogP contribution in [0.5, 0.6) is 17.2 Å². The van der Waals surface area contributed by atoms with E-state index in [2.05, 4.69) is 10.0 Å². The number of benzene rings is 3. The second-order valence-electron chi connectivity index (χ2n) is 7.72. The molecule has 0 aliphatic heterocycles. The molecule has 0 radical (unpaired) electrons. The highest BCUT2D eigenvalue weighted by Gasteiger charge is 2.15. The zero-order chi connectivity index (χ0) is 23.8. The van der Waals surface area contributed by atoms with Gasteiger partial charge in [0.15, 0.2) is 0 Å². The summed E-state index contributed by atoms with van der Waals surface area (Å²) in [6.45, 7) is -0.00499. The normalized spacial score (nSPS) is 13.3. The molecule has 0 aromatic heterocycles. The van der Waals surface area contributed by atoms with Gasteiger partial charge in [-0.25, -0.2) is 8.42 Å². The van der Waals surface area contributed by atoms with E-state index in [0.717, 1.165) is 17.6 Å². The molecule has 0 aliphatic carbocycles. The number of aromatic hydroxyl groups is 1. The molecule has 33 heavy (non-hydrogen) atoms. The van der Waals surface area contributed by atoms with Gasteiger partial charge < -0.3 is 25.4 Å². The summed E-state index contributed by atoms with van der Waals surface area (Å²) in [6, 6.07) is 20.9. The molecular formula is C24H28N2O6S. The zero-order valence-corrected chi connectivity index (χ0v) is 19.0. The highest BCUT2D eigenvalue weighted by atomic mass is 32.2. The molecule has 0 heterocycles. The summed E-state index contributed by atoms with van der Waals surface area (Å²) in [7, 11) is -3.58. The van der Waals surface area contributed by atoms with Gasteiger partial charge in [0.25, 0.3) is 0 Å². The fourth-order valence-electron chi connectivity index (χ4n) is 3.24. The Morgan fingerprint density at radius 1 is 0.970 bits per heavy atom. The van der Waals surface area contributed by atoms with Crippen molar-refractivity contribution in [1.82, 2.24) is 5.32 Å². The third-order valence-electron chi connectivity index (χ3n) is 4.91. The van der Waals surface area contributed by atoms with Gasteiger partial charge in [0, 0.05) is 12.6 Å². The molecule has 8 nitrogen and oxygen atoms in total. The SMILES string of the molecule is CS(=O)(=O)Nc1cc([C@@H](O)CN[C@H](CO)Cc2ccc(Oc3ccccc3)cc2)ccc1O. The maximum atomic E-state index is 11.4. The van der Waals surface area contributed by atoms with Gasteiger partial charge in [-0.1, -0.05) is 36.4 Å². The van der Waals surface area contributed by atoms with Gasteiger partial charge in [-0.15, -0.1) is 0 Å². The number of nitrogens with one attached hydrogen (secondary N) is 2. The van der Waals surface area contributed by atoms with Crippen molar-refractivity contribution in [2.75, 3.05) is 24.1 Å². The van der Waals surface area contributed by atoms with Crippen LogP contribution in [0, 0.1) is 0 Å². The number of para-hydroxylation sites is 1. The largest absolute Gasteiger partial charge is 0.506 e. The van der Waals surface area contributed by atoms with Crippen LogP contribution in [-0.4, -0.2) is 49.2 Å². The molecule has 0 unspecified atom stereocenters. The van der Waals surface area contributed by atoms with Crippen molar-refractivity contribution >= 4 is 15.7 Å². The third kappa shape index (κ3) is 7.76. The van der Waals surface area contributed by atoms with Crippen LogP contribution in [0.2, 0.25) is 0 Å². The highest BCUT2D eigenvalue weighted by Crippen LogP contribution is 2.28. The summed E-state index contributed by atoms with van der Waals surface area (Å²) < 4.78 is 30.9. The Bertz CT molecular complexity index is 1140. The number of hydrogen-bond donors (Lipinski definition) is 5. The number of aliphatic hydroxyl groups is 2. The molecule has 2 atom stereocenters. The van der Waals surface area contributed by atoms with E-state index < -0.39 is 16.1 Å². The molecule has 0 saturated carbocycles. The van der Waals surface area contributed by atoms with Crippen LogP contribution >= 0.6 is 0 Å². The number of anilines is 1. The van der Waals surface area contributed by atoms with E-state index in [1.54, 1.807) is 0 Å². The predicted octanol–water partition coefficient (Wildman–Crippen LogP) is 2.78. The van der Waals surface area contributed by atoms with Gasteiger partial charge in [-0.05, 0) is 53.9 Å². The van der Waals surface area contributed by atoms with Crippen molar-refractivity contribution in [3.63, 3.8) is 0 Å². The lowest BCUT2D eigenvalue weighted by molar-refractivity contribution is 0.158. The van der Waals surface area contributed by atoms with Gasteiger partial charge in [0.2, 0.25) is 10.0 Å². The Balaban J connectivity index is 1.56. The molecule has 0 fully saturated rings. The monoisotopic (exact) mass is 472 g/mol. The van der Waals surface area contributed by atoms with Crippen LogP contribution in [0.15, 0.2) is 72.8 Å². The Hall–Kier alpha value is -3.11. The average molecular weight is 473 g/mol. The van der Waals surface area contributed by atoms with Gasteiger partial charge in [-0.3, -0.25) is 4.72 Å². The van der Waals surface area contributed by atoms with E-state index in [-0.39, 0.29) is 30.6 Å². The van der Waals surface area contributed by atoms with Crippen LogP contribution in [0.25, 0.3) is 0 Å². The molecule has 0 amide bonds. The Kier molecular flexibility index (Phi) is 8.29. The van der Waals surface area contributed by atoms with Gasteiger partial charge in [0.05, 0.1) is 24.7 Å². The lowest BCUT2D eigenvalue weighted by atomic mass is 10.0. The summed E-state index contributed by atoms with van der Waals surface area (Å²) in [4.78, 5) is 0. The van der Waals surface area contributed by atoms with Gasteiger partial charge in [0.1, 0.15) is 17.2 Å². The molecule has 9 heteroatoms. The van der Waals surface area contributed by atoms with Gasteiger partial charge >= 0.3 is 0 Å². The summed E-state index contributed by atoms with van der Waals surface area (Å²) in [6.07, 6.45) is 0.538. The molecule has 3 rings (SSSR count). The molecule has 0 aliphatic rings. The Morgan fingerprint density at radius 3 is 2.27 bits per heavy atom. The van der Waals surface area contributed by atoms with Crippen LogP contribution in [0.3, 0.4) is 0 Å². The first-order chi connectivity index (χ1) is 15.7. The molecule has 3 aromatic rings.